The molecule has 1 aliphatic heterocycles. The third-order valence-electron chi connectivity index (χ3n) is 3.52. The Labute approximate surface area is 113 Å². The van der Waals surface area contributed by atoms with Crippen molar-refractivity contribution in [2.24, 2.45) is 5.73 Å². The molecule has 0 radical (unpaired) electrons. The first-order valence-electron chi connectivity index (χ1n) is 5.80. The summed E-state index contributed by atoms with van der Waals surface area (Å²) in [7, 11) is 1.70. The zero-order chi connectivity index (χ0) is 11.9. The van der Waals surface area contributed by atoms with Crippen LogP contribution in [0.4, 0.5) is 0 Å². The van der Waals surface area contributed by atoms with Crippen LogP contribution in [-0.4, -0.2) is 20.2 Å². The SMILES string of the molecule is COc1ccc(C2(N)CNC2)c2ccccc12.Cl. The maximum absolute atomic E-state index is 6.38. The van der Waals surface area contributed by atoms with Crippen molar-refractivity contribution >= 4 is 23.2 Å². The lowest BCUT2D eigenvalue weighted by Gasteiger charge is -2.40. The topological polar surface area (TPSA) is 47.3 Å². The van der Waals surface area contributed by atoms with Crippen molar-refractivity contribution in [3.8, 4) is 5.75 Å². The minimum absolute atomic E-state index is 0. The van der Waals surface area contributed by atoms with Gasteiger partial charge < -0.3 is 15.8 Å². The molecule has 2 aromatic rings. The monoisotopic (exact) mass is 264 g/mol. The predicted octanol–water partition coefficient (Wildman–Crippen LogP) is 2.03. The van der Waals surface area contributed by atoms with Crippen LogP contribution in [0.3, 0.4) is 0 Å². The summed E-state index contributed by atoms with van der Waals surface area (Å²) in [6.45, 7) is 1.67. The Bertz CT molecular complexity index is 567. The first-order chi connectivity index (χ1) is 8.24. The summed E-state index contributed by atoms with van der Waals surface area (Å²) in [5.41, 5.74) is 7.35. The first-order valence-corrected chi connectivity index (χ1v) is 5.80. The number of fused-ring (bicyclic) bond motifs is 1. The van der Waals surface area contributed by atoms with Crippen LogP contribution in [0, 0.1) is 0 Å². The van der Waals surface area contributed by atoms with E-state index < -0.39 is 0 Å². The van der Waals surface area contributed by atoms with Gasteiger partial charge in [-0.05, 0) is 17.0 Å². The summed E-state index contributed by atoms with van der Waals surface area (Å²) in [5.74, 6) is 0.903. The number of rotatable bonds is 2. The molecule has 0 unspecified atom stereocenters. The Hall–Kier alpha value is -1.29. The van der Waals surface area contributed by atoms with Crippen molar-refractivity contribution in [2.75, 3.05) is 20.2 Å². The molecular formula is C14H17ClN2O. The normalized spacial score (nSPS) is 16.8. The predicted molar refractivity (Wildman–Crippen MR) is 76.5 cm³/mol. The van der Waals surface area contributed by atoms with Gasteiger partial charge in [0.25, 0.3) is 0 Å². The van der Waals surface area contributed by atoms with E-state index in [1.807, 2.05) is 18.2 Å². The van der Waals surface area contributed by atoms with E-state index in [-0.39, 0.29) is 17.9 Å². The molecule has 0 aliphatic carbocycles. The molecule has 96 valence electrons. The van der Waals surface area contributed by atoms with Gasteiger partial charge in [0, 0.05) is 18.5 Å². The fraction of sp³-hybridized carbons (Fsp3) is 0.286. The molecule has 0 amide bonds. The Morgan fingerprint density at radius 3 is 2.33 bits per heavy atom. The van der Waals surface area contributed by atoms with Gasteiger partial charge >= 0.3 is 0 Å². The van der Waals surface area contributed by atoms with Gasteiger partial charge in [0.15, 0.2) is 0 Å². The molecule has 1 heterocycles. The molecule has 0 aromatic heterocycles. The lowest BCUT2D eigenvalue weighted by atomic mass is 9.82. The van der Waals surface area contributed by atoms with Crippen molar-refractivity contribution in [3.05, 3.63) is 42.0 Å². The van der Waals surface area contributed by atoms with E-state index in [1.165, 1.54) is 10.9 Å². The van der Waals surface area contributed by atoms with E-state index in [9.17, 15) is 0 Å². The van der Waals surface area contributed by atoms with E-state index in [1.54, 1.807) is 7.11 Å². The van der Waals surface area contributed by atoms with Gasteiger partial charge in [-0.1, -0.05) is 30.3 Å². The maximum atomic E-state index is 6.38. The third kappa shape index (κ3) is 1.85. The molecule has 1 saturated heterocycles. The summed E-state index contributed by atoms with van der Waals surface area (Å²) < 4.78 is 5.39. The number of ether oxygens (including phenoxy) is 1. The number of nitrogens with one attached hydrogen (secondary N) is 1. The molecule has 3 rings (SSSR count). The Morgan fingerprint density at radius 1 is 1.11 bits per heavy atom. The maximum Gasteiger partial charge on any atom is 0.126 e. The highest BCUT2D eigenvalue weighted by Crippen LogP contribution is 2.34. The fourth-order valence-electron chi connectivity index (χ4n) is 2.47. The second-order valence-electron chi connectivity index (χ2n) is 4.62. The van der Waals surface area contributed by atoms with Crippen LogP contribution in [0.25, 0.3) is 10.8 Å². The van der Waals surface area contributed by atoms with Gasteiger partial charge in [-0.15, -0.1) is 12.4 Å². The highest BCUT2D eigenvalue weighted by Gasteiger charge is 2.35. The highest BCUT2D eigenvalue weighted by atomic mass is 35.5. The summed E-state index contributed by atoms with van der Waals surface area (Å²) in [4.78, 5) is 0. The summed E-state index contributed by atoms with van der Waals surface area (Å²) >= 11 is 0. The minimum atomic E-state index is -0.230. The molecule has 0 atom stereocenters. The van der Waals surface area contributed by atoms with Gasteiger partial charge in [0.1, 0.15) is 5.75 Å². The zero-order valence-corrected chi connectivity index (χ0v) is 11.1. The van der Waals surface area contributed by atoms with Crippen LogP contribution in [0.5, 0.6) is 5.75 Å². The summed E-state index contributed by atoms with van der Waals surface area (Å²) in [5, 5.41) is 5.56. The van der Waals surface area contributed by atoms with Gasteiger partial charge in [-0.2, -0.15) is 0 Å². The van der Waals surface area contributed by atoms with Gasteiger partial charge in [0.05, 0.1) is 12.6 Å². The first kappa shape index (κ1) is 13.1. The second kappa shape index (κ2) is 4.76. The van der Waals surface area contributed by atoms with Crippen molar-refractivity contribution in [1.82, 2.24) is 5.32 Å². The molecule has 0 spiro atoms. The molecule has 1 aliphatic rings. The molecule has 4 heteroatoms. The quantitative estimate of drug-likeness (QED) is 0.873. The fourth-order valence-corrected chi connectivity index (χ4v) is 2.47. The lowest BCUT2D eigenvalue weighted by Crippen LogP contribution is -2.62. The molecule has 3 N–H and O–H groups in total. The zero-order valence-electron chi connectivity index (χ0n) is 10.3. The van der Waals surface area contributed by atoms with Crippen molar-refractivity contribution in [2.45, 2.75) is 5.54 Å². The van der Waals surface area contributed by atoms with Crippen LogP contribution in [-0.2, 0) is 5.54 Å². The number of benzene rings is 2. The van der Waals surface area contributed by atoms with Crippen LogP contribution >= 0.6 is 12.4 Å². The Balaban J connectivity index is 0.00000120. The second-order valence-corrected chi connectivity index (χ2v) is 4.62. The van der Waals surface area contributed by atoms with Crippen LogP contribution in [0.1, 0.15) is 5.56 Å². The van der Waals surface area contributed by atoms with E-state index in [0.29, 0.717) is 0 Å². The van der Waals surface area contributed by atoms with E-state index >= 15 is 0 Å². The largest absolute Gasteiger partial charge is 0.496 e. The average Bonchev–Trinajstić information content (AvgIpc) is 2.34. The molecule has 0 bridgehead atoms. The van der Waals surface area contributed by atoms with Crippen LogP contribution in [0.15, 0.2) is 36.4 Å². The van der Waals surface area contributed by atoms with Crippen molar-refractivity contribution in [1.29, 1.82) is 0 Å². The van der Waals surface area contributed by atoms with Gasteiger partial charge in [0.2, 0.25) is 0 Å². The Morgan fingerprint density at radius 2 is 1.78 bits per heavy atom. The van der Waals surface area contributed by atoms with Crippen LogP contribution in [0.2, 0.25) is 0 Å². The van der Waals surface area contributed by atoms with Gasteiger partial charge in [-0.3, -0.25) is 0 Å². The lowest BCUT2D eigenvalue weighted by molar-refractivity contribution is 0.289. The van der Waals surface area contributed by atoms with E-state index in [0.717, 1.165) is 24.2 Å². The smallest absolute Gasteiger partial charge is 0.126 e. The number of nitrogens with two attached hydrogens (primary N) is 1. The number of hydrogen-bond acceptors (Lipinski definition) is 3. The summed E-state index contributed by atoms with van der Waals surface area (Å²) in [6, 6.07) is 12.3. The third-order valence-corrected chi connectivity index (χ3v) is 3.52. The van der Waals surface area contributed by atoms with Crippen molar-refractivity contribution in [3.63, 3.8) is 0 Å². The molecule has 1 fully saturated rings. The Kier molecular flexibility index (Phi) is 3.48. The standard InChI is InChI=1S/C14H16N2O.ClH/c1-17-13-7-6-12(14(15)8-16-9-14)10-4-2-3-5-11(10)13;/h2-7,16H,8-9,15H2,1H3;1H. The number of methoxy groups -OCH3 is 1. The van der Waals surface area contributed by atoms with Crippen molar-refractivity contribution < 1.29 is 4.74 Å². The van der Waals surface area contributed by atoms with Crippen LogP contribution < -0.4 is 15.8 Å². The van der Waals surface area contributed by atoms with Gasteiger partial charge in [-0.25, -0.2) is 0 Å². The molecular weight excluding hydrogens is 248 g/mol. The molecule has 18 heavy (non-hydrogen) atoms. The summed E-state index contributed by atoms with van der Waals surface area (Å²) in [6.07, 6.45) is 0. The minimum Gasteiger partial charge on any atom is -0.496 e. The average molecular weight is 265 g/mol. The highest BCUT2D eigenvalue weighted by molar-refractivity contribution is 5.92. The van der Waals surface area contributed by atoms with E-state index in [2.05, 4.69) is 23.5 Å². The molecule has 2 aromatic carbocycles. The molecule has 3 nitrogen and oxygen atoms in total. The van der Waals surface area contributed by atoms with E-state index in [4.69, 9.17) is 10.5 Å². The number of hydrogen-bond donors (Lipinski definition) is 2. The number of halogens is 1. The molecule has 0 saturated carbocycles.